The molecule has 0 saturated carbocycles. The molecule has 0 fully saturated rings. The third-order valence-electron chi connectivity index (χ3n) is 4.08. The molecule has 0 aliphatic heterocycles. The van der Waals surface area contributed by atoms with Gasteiger partial charge >= 0.3 is 15.2 Å². The average molecular weight is 470 g/mol. The molecular weight excluding hydrogens is 450 g/mol. The fraction of sp³-hybridized carbons (Fsp3) is 0.235. The summed E-state index contributed by atoms with van der Waals surface area (Å²) < 4.78 is 33.9. The first kappa shape index (κ1) is 23.1. The highest BCUT2D eigenvalue weighted by Gasteiger charge is 2.43. The van der Waals surface area contributed by atoms with Crippen molar-refractivity contribution in [2.24, 2.45) is 0 Å². The second-order valence-corrected chi connectivity index (χ2v) is 10.2. The van der Waals surface area contributed by atoms with Crippen LogP contribution in [0.25, 0.3) is 11.5 Å². The van der Waals surface area contributed by atoms with E-state index in [1.165, 1.54) is 18.3 Å². The normalized spacial score (nSPS) is 12.2. The van der Waals surface area contributed by atoms with Crippen LogP contribution in [0, 0.1) is 6.92 Å². The number of anilines is 1. The zero-order valence-corrected chi connectivity index (χ0v) is 18.0. The van der Waals surface area contributed by atoms with Crippen LogP contribution in [0.4, 0.5) is 5.82 Å². The summed E-state index contributed by atoms with van der Waals surface area (Å²) in [6, 6.07) is 6.31. The van der Waals surface area contributed by atoms with Crippen molar-refractivity contribution in [2.75, 3.05) is 11.9 Å². The third kappa shape index (κ3) is 6.20. The predicted octanol–water partition coefficient (Wildman–Crippen LogP) is 2.11. The molecule has 0 aliphatic rings. The van der Waals surface area contributed by atoms with Crippen LogP contribution in [0.1, 0.15) is 11.5 Å². The fourth-order valence-corrected chi connectivity index (χ4v) is 4.76. The molecule has 0 amide bonds. The summed E-state index contributed by atoms with van der Waals surface area (Å²) in [5.74, 6) is 1.37. The maximum Gasteiger partial charge on any atom is 0.360 e. The molecular formula is C17H20N4O8P2. The van der Waals surface area contributed by atoms with Gasteiger partial charge in [-0.2, -0.15) is 0 Å². The van der Waals surface area contributed by atoms with Crippen LogP contribution in [0.15, 0.2) is 47.3 Å². The first-order chi connectivity index (χ1) is 14.5. The molecule has 0 radical (unpaired) electrons. The maximum absolute atomic E-state index is 11.3. The minimum Gasteiger partial charge on any atom is -0.492 e. The van der Waals surface area contributed by atoms with Crippen LogP contribution in [0.3, 0.4) is 0 Å². The second kappa shape index (κ2) is 9.27. The Kier molecular flexibility index (Phi) is 6.90. The molecule has 0 atom stereocenters. The van der Waals surface area contributed by atoms with E-state index in [0.717, 1.165) is 11.3 Å². The van der Waals surface area contributed by atoms with Gasteiger partial charge in [0.25, 0.3) is 0 Å². The van der Waals surface area contributed by atoms with E-state index in [1.807, 2.05) is 0 Å². The van der Waals surface area contributed by atoms with Crippen LogP contribution in [0.2, 0.25) is 0 Å². The average Bonchev–Trinajstić information content (AvgIpc) is 3.07. The summed E-state index contributed by atoms with van der Waals surface area (Å²) in [5.41, 5.74) is -0.852. The van der Waals surface area contributed by atoms with Crippen LogP contribution in [-0.2, 0) is 15.6 Å². The quantitative estimate of drug-likeness (QED) is 0.287. The number of aromatic nitrogens is 3. The van der Waals surface area contributed by atoms with Crippen molar-refractivity contribution < 1.29 is 37.9 Å². The number of hydrogen-bond donors (Lipinski definition) is 5. The summed E-state index contributed by atoms with van der Waals surface area (Å²) in [7, 11) is -10.2. The smallest absolute Gasteiger partial charge is 0.360 e. The van der Waals surface area contributed by atoms with E-state index in [1.54, 1.807) is 31.5 Å². The third-order valence-corrected chi connectivity index (χ3v) is 7.42. The highest BCUT2D eigenvalue weighted by Crippen LogP contribution is 2.59. The Bertz CT molecular complexity index is 1090. The van der Waals surface area contributed by atoms with E-state index < -0.39 is 20.7 Å². The van der Waals surface area contributed by atoms with Crippen molar-refractivity contribution in [1.29, 1.82) is 0 Å². The van der Waals surface area contributed by atoms with Crippen molar-refractivity contribution in [3.05, 3.63) is 54.3 Å². The Hall–Kier alpha value is -2.59. The Labute approximate surface area is 176 Å². The molecule has 5 N–H and O–H groups in total. The van der Waals surface area contributed by atoms with Crippen LogP contribution < -0.4 is 10.1 Å². The van der Waals surface area contributed by atoms with Gasteiger partial charge in [0.05, 0.1) is 18.5 Å². The molecule has 3 aromatic rings. The van der Waals surface area contributed by atoms with E-state index in [4.69, 9.17) is 28.7 Å². The molecule has 3 aromatic heterocycles. The molecule has 166 valence electrons. The molecule has 0 saturated heterocycles. The zero-order chi connectivity index (χ0) is 22.6. The number of nitrogens with one attached hydrogen (secondary N) is 1. The van der Waals surface area contributed by atoms with Gasteiger partial charge in [-0.3, -0.25) is 14.1 Å². The Morgan fingerprint density at radius 3 is 2.35 bits per heavy atom. The van der Waals surface area contributed by atoms with Crippen molar-refractivity contribution in [3.8, 4) is 17.2 Å². The summed E-state index contributed by atoms with van der Waals surface area (Å²) in [4.78, 5) is 48.8. The van der Waals surface area contributed by atoms with Gasteiger partial charge in [0.1, 0.15) is 17.3 Å². The Balaban J connectivity index is 1.58. The number of pyridine rings is 2. The number of nitrogens with zero attached hydrogens (tertiary/aromatic N) is 3. The monoisotopic (exact) mass is 470 g/mol. The van der Waals surface area contributed by atoms with E-state index in [2.05, 4.69) is 20.3 Å². The molecule has 31 heavy (non-hydrogen) atoms. The van der Waals surface area contributed by atoms with Gasteiger partial charge < -0.3 is 34.0 Å². The first-order valence-electron chi connectivity index (χ1n) is 8.86. The first-order valence-corrected chi connectivity index (χ1v) is 12.2. The lowest BCUT2D eigenvalue weighted by Crippen LogP contribution is -2.20. The highest BCUT2D eigenvalue weighted by atomic mass is 31.2. The molecule has 0 bridgehead atoms. The number of hydrogen-bond acceptors (Lipinski definition) is 8. The van der Waals surface area contributed by atoms with Crippen LogP contribution in [0.5, 0.6) is 5.75 Å². The molecule has 0 aliphatic carbocycles. The largest absolute Gasteiger partial charge is 0.492 e. The second-order valence-electron chi connectivity index (χ2n) is 6.43. The number of oxazole rings is 1. The van der Waals surface area contributed by atoms with Crippen molar-refractivity contribution in [1.82, 2.24) is 15.0 Å². The highest BCUT2D eigenvalue weighted by molar-refractivity contribution is 7.71. The SMILES string of the molecule is Cc1oc(-c2ccncc2)nc1CCOc1ccc(NC(P(=O)(O)O)P(=O)(O)O)nc1. The number of aryl methyl sites for hydroxylation is 1. The van der Waals surface area contributed by atoms with Gasteiger partial charge in [0, 0.05) is 24.4 Å². The van der Waals surface area contributed by atoms with E-state index in [0.29, 0.717) is 23.8 Å². The van der Waals surface area contributed by atoms with Gasteiger partial charge in [0.15, 0.2) is 0 Å². The lowest BCUT2D eigenvalue weighted by Gasteiger charge is -2.21. The predicted molar refractivity (Wildman–Crippen MR) is 109 cm³/mol. The maximum atomic E-state index is 11.3. The molecule has 0 aromatic carbocycles. The van der Waals surface area contributed by atoms with E-state index in [9.17, 15) is 9.13 Å². The van der Waals surface area contributed by atoms with Crippen molar-refractivity contribution >= 4 is 21.0 Å². The van der Waals surface area contributed by atoms with E-state index >= 15 is 0 Å². The standard InChI is InChI=1S/C17H20N4O8P2/c1-11-14(20-16(29-11)12-4-7-18-8-5-12)6-9-28-13-2-3-15(19-10-13)21-17(30(22,23)24)31(25,26)27/h2-5,7-8,10,17H,6,9H2,1H3,(H,19,21)(H2,22,23,24)(H2,25,26,27). The van der Waals surface area contributed by atoms with E-state index in [-0.39, 0.29) is 12.4 Å². The lowest BCUT2D eigenvalue weighted by atomic mass is 10.2. The molecule has 3 heterocycles. The summed E-state index contributed by atoms with van der Waals surface area (Å²) >= 11 is 0. The lowest BCUT2D eigenvalue weighted by molar-refractivity contribution is 0.318. The van der Waals surface area contributed by atoms with Gasteiger partial charge in [-0.15, -0.1) is 0 Å². The van der Waals surface area contributed by atoms with Crippen LogP contribution >= 0.6 is 15.2 Å². The van der Waals surface area contributed by atoms with Crippen molar-refractivity contribution in [2.45, 2.75) is 18.9 Å². The number of rotatable bonds is 9. The van der Waals surface area contributed by atoms with Gasteiger partial charge in [0.2, 0.25) is 11.4 Å². The van der Waals surface area contributed by atoms with Crippen molar-refractivity contribution in [3.63, 3.8) is 0 Å². The molecule has 12 nitrogen and oxygen atoms in total. The summed E-state index contributed by atoms with van der Waals surface area (Å²) in [6.07, 6.45) is 5.01. The van der Waals surface area contributed by atoms with Gasteiger partial charge in [-0.1, -0.05) is 0 Å². The summed E-state index contributed by atoms with van der Waals surface area (Å²) in [5, 5.41) is 2.07. The molecule has 3 rings (SSSR count). The minimum absolute atomic E-state index is 0.127. The van der Waals surface area contributed by atoms with Crippen LogP contribution in [-0.4, -0.2) is 46.7 Å². The Morgan fingerprint density at radius 1 is 1.10 bits per heavy atom. The Morgan fingerprint density at radius 2 is 1.77 bits per heavy atom. The number of ether oxygens (including phenoxy) is 1. The summed E-state index contributed by atoms with van der Waals surface area (Å²) in [6.45, 7) is 2.05. The molecule has 0 unspecified atom stereocenters. The fourth-order valence-electron chi connectivity index (χ4n) is 2.59. The van der Waals surface area contributed by atoms with Gasteiger partial charge in [-0.25, -0.2) is 9.97 Å². The zero-order valence-electron chi connectivity index (χ0n) is 16.2. The molecule has 0 spiro atoms. The van der Waals surface area contributed by atoms with Gasteiger partial charge in [-0.05, 0) is 31.2 Å². The topological polar surface area (TPSA) is 188 Å². The molecule has 14 heteroatoms. The minimum atomic E-state index is -5.12.